The second kappa shape index (κ2) is 2.69. The first kappa shape index (κ1) is 7.77. The molecule has 0 bridgehead atoms. The molecule has 1 unspecified atom stereocenters. The summed E-state index contributed by atoms with van der Waals surface area (Å²) < 4.78 is 0. The monoisotopic (exact) mass is 181 g/mol. The molecule has 1 atom stereocenters. The molecule has 1 radical (unpaired) electrons. The fourth-order valence-electron chi connectivity index (χ4n) is 1.95. The van der Waals surface area contributed by atoms with E-state index in [-0.39, 0.29) is 0 Å². The molecule has 67 valence electrons. The number of benzene rings is 1. The van der Waals surface area contributed by atoms with Crippen molar-refractivity contribution in [1.29, 1.82) is 0 Å². The summed E-state index contributed by atoms with van der Waals surface area (Å²) in [6.07, 6.45) is 8.44. The zero-order chi connectivity index (χ0) is 9.54. The maximum atomic E-state index is 9.72. The molecular formula is C13H9O. The second-order valence-electron chi connectivity index (χ2n) is 3.49. The number of fused-ring (bicyclic) bond motifs is 3. The average molecular weight is 181 g/mol. The molecule has 3 rings (SSSR count). The molecule has 1 aromatic carbocycles. The van der Waals surface area contributed by atoms with Crippen LogP contribution in [0.5, 0.6) is 0 Å². The van der Waals surface area contributed by atoms with Gasteiger partial charge in [0.2, 0.25) is 0 Å². The van der Waals surface area contributed by atoms with Crippen molar-refractivity contribution in [2.24, 2.45) is 0 Å². The summed E-state index contributed by atoms with van der Waals surface area (Å²) >= 11 is 0. The lowest BCUT2D eigenvalue weighted by atomic mass is 9.95. The largest absolute Gasteiger partial charge is 0.384 e. The number of hydrogen-bond donors (Lipinski definition) is 1. The molecule has 0 saturated carbocycles. The lowest BCUT2D eigenvalue weighted by molar-refractivity contribution is 0.263. The molecule has 2 aliphatic rings. The third kappa shape index (κ3) is 0.932. The lowest BCUT2D eigenvalue weighted by Crippen LogP contribution is -2.08. The Morgan fingerprint density at radius 3 is 3.00 bits per heavy atom. The minimum Gasteiger partial charge on any atom is -0.384 e. The van der Waals surface area contributed by atoms with Gasteiger partial charge in [-0.25, -0.2) is 0 Å². The molecule has 0 saturated heterocycles. The van der Waals surface area contributed by atoms with Gasteiger partial charge in [-0.3, -0.25) is 0 Å². The molecule has 1 aromatic rings. The van der Waals surface area contributed by atoms with Crippen LogP contribution in [-0.2, 0) is 0 Å². The highest BCUT2D eigenvalue weighted by Gasteiger charge is 2.24. The maximum Gasteiger partial charge on any atom is 0.0987 e. The van der Waals surface area contributed by atoms with Crippen LogP contribution < -0.4 is 0 Å². The summed E-state index contributed by atoms with van der Waals surface area (Å²) in [5.41, 5.74) is 4.26. The minimum atomic E-state index is -0.498. The van der Waals surface area contributed by atoms with E-state index in [4.69, 9.17) is 0 Å². The number of aliphatic hydroxyl groups is 1. The first-order chi connectivity index (χ1) is 6.86. The van der Waals surface area contributed by atoms with Crippen LogP contribution in [0.25, 0.3) is 5.57 Å². The predicted octanol–water partition coefficient (Wildman–Crippen LogP) is 2.09. The summed E-state index contributed by atoms with van der Waals surface area (Å²) in [5, 5.41) is 9.72. The first-order valence-electron chi connectivity index (χ1n) is 4.66. The van der Waals surface area contributed by atoms with Gasteiger partial charge in [-0.15, -0.1) is 0 Å². The van der Waals surface area contributed by atoms with Crippen LogP contribution in [0.15, 0.2) is 48.1 Å². The molecule has 0 amide bonds. The van der Waals surface area contributed by atoms with E-state index < -0.39 is 6.10 Å². The van der Waals surface area contributed by atoms with Crippen molar-refractivity contribution in [1.82, 2.24) is 0 Å². The highest BCUT2D eigenvalue weighted by molar-refractivity contribution is 5.88. The van der Waals surface area contributed by atoms with E-state index in [9.17, 15) is 5.11 Å². The van der Waals surface area contributed by atoms with Crippen molar-refractivity contribution in [2.75, 3.05) is 0 Å². The third-order valence-electron chi connectivity index (χ3n) is 2.63. The fourth-order valence-corrected chi connectivity index (χ4v) is 1.95. The van der Waals surface area contributed by atoms with Gasteiger partial charge in [-0.2, -0.15) is 0 Å². The van der Waals surface area contributed by atoms with Crippen molar-refractivity contribution in [2.45, 2.75) is 6.10 Å². The third-order valence-corrected chi connectivity index (χ3v) is 2.63. The molecule has 0 aromatic heterocycles. The van der Waals surface area contributed by atoms with Crippen LogP contribution in [0.3, 0.4) is 0 Å². The summed E-state index contributed by atoms with van der Waals surface area (Å²) in [7, 11) is 0. The zero-order valence-corrected chi connectivity index (χ0v) is 7.57. The van der Waals surface area contributed by atoms with Crippen molar-refractivity contribution >= 4 is 5.57 Å². The average Bonchev–Trinajstić information content (AvgIpc) is 2.59. The smallest absolute Gasteiger partial charge is 0.0987 e. The Morgan fingerprint density at radius 1 is 1.21 bits per heavy atom. The van der Waals surface area contributed by atoms with Crippen molar-refractivity contribution in [3.8, 4) is 0 Å². The number of rotatable bonds is 0. The van der Waals surface area contributed by atoms with Gasteiger partial charge < -0.3 is 5.11 Å². The quantitative estimate of drug-likeness (QED) is 0.649. The second-order valence-corrected chi connectivity index (χ2v) is 3.49. The van der Waals surface area contributed by atoms with Gasteiger partial charge in [0.05, 0.1) is 6.10 Å². The predicted molar refractivity (Wildman–Crippen MR) is 55.4 cm³/mol. The summed E-state index contributed by atoms with van der Waals surface area (Å²) in [6, 6.07) is 8.08. The summed E-state index contributed by atoms with van der Waals surface area (Å²) in [4.78, 5) is 0. The van der Waals surface area contributed by atoms with Gasteiger partial charge in [-0.1, -0.05) is 42.5 Å². The van der Waals surface area contributed by atoms with E-state index in [0.29, 0.717) is 0 Å². The Hall–Kier alpha value is -1.60. The molecular weight excluding hydrogens is 172 g/mol. The first-order valence-corrected chi connectivity index (χ1v) is 4.66. The van der Waals surface area contributed by atoms with Gasteiger partial charge in [-0.05, 0) is 22.8 Å². The van der Waals surface area contributed by atoms with Gasteiger partial charge >= 0.3 is 0 Å². The standard InChI is InChI=1S/C13H9O/c14-13-7-3-6-11-10-5-2-1-4-9(10)8-12(11)13/h1-7,13-14H. The molecule has 0 fully saturated rings. The maximum absolute atomic E-state index is 9.72. The summed E-state index contributed by atoms with van der Waals surface area (Å²) in [5.74, 6) is 0. The molecule has 2 aliphatic carbocycles. The Labute approximate surface area is 82.7 Å². The molecule has 1 nitrogen and oxygen atoms in total. The van der Waals surface area contributed by atoms with E-state index >= 15 is 0 Å². The molecule has 1 N–H and O–H groups in total. The Kier molecular flexibility index (Phi) is 1.49. The van der Waals surface area contributed by atoms with Crippen molar-refractivity contribution < 1.29 is 5.11 Å². The molecule has 14 heavy (non-hydrogen) atoms. The molecule has 0 spiro atoms. The number of hydrogen-bond acceptors (Lipinski definition) is 1. The van der Waals surface area contributed by atoms with Gasteiger partial charge in [0.15, 0.2) is 0 Å². The number of allylic oxidation sites excluding steroid dienone is 2. The highest BCUT2D eigenvalue weighted by atomic mass is 16.3. The Morgan fingerprint density at radius 2 is 2.07 bits per heavy atom. The van der Waals surface area contributed by atoms with Crippen molar-refractivity contribution in [3.63, 3.8) is 0 Å². The molecule has 1 heteroatoms. The van der Waals surface area contributed by atoms with Crippen LogP contribution in [0.2, 0.25) is 0 Å². The van der Waals surface area contributed by atoms with E-state index in [1.54, 1.807) is 6.08 Å². The van der Waals surface area contributed by atoms with Crippen LogP contribution >= 0.6 is 0 Å². The molecule has 0 heterocycles. The zero-order valence-electron chi connectivity index (χ0n) is 7.57. The minimum absolute atomic E-state index is 0.498. The highest BCUT2D eigenvalue weighted by Crippen LogP contribution is 2.37. The summed E-state index contributed by atoms with van der Waals surface area (Å²) in [6.45, 7) is 0. The van der Waals surface area contributed by atoms with Crippen LogP contribution in [-0.4, -0.2) is 11.2 Å². The SMILES string of the molecule is OC1C=CC=C2C1=[C]c1ccccc12. The van der Waals surface area contributed by atoms with E-state index in [0.717, 1.165) is 16.7 Å². The normalized spacial score (nSPS) is 22.5. The van der Waals surface area contributed by atoms with Crippen molar-refractivity contribution in [3.05, 3.63) is 65.3 Å². The Bertz CT molecular complexity index is 478. The van der Waals surface area contributed by atoms with Crippen LogP contribution in [0, 0.1) is 6.08 Å². The van der Waals surface area contributed by atoms with Gasteiger partial charge in [0.25, 0.3) is 0 Å². The van der Waals surface area contributed by atoms with Crippen LogP contribution in [0.1, 0.15) is 11.1 Å². The van der Waals surface area contributed by atoms with Gasteiger partial charge in [0.1, 0.15) is 0 Å². The van der Waals surface area contributed by atoms with E-state index in [2.05, 4.69) is 12.1 Å². The fraction of sp³-hybridized carbons (Fsp3) is 0.0769. The van der Waals surface area contributed by atoms with Crippen LogP contribution in [0.4, 0.5) is 0 Å². The topological polar surface area (TPSA) is 20.2 Å². The van der Waals surface area contributed by atoms with E-state index in [1.807, 2.05) is 30.4 Å². The van der Waals surface area contributed by atoms with E-state index in [1.165, 1.54) is 5.56 Å². The van der Waals surface area contributed by atoms with Gasteiger partial charge in [0, 0.05) is 5.57 Å². The molecule has 0 aliphatic heterocycles. The number of aliphatic hydroxyl groups excluding tert-OH is 1. The Balaban J connectivity index is 2.24. The lowest BCUT2D eigenvalue weighted by Gasteiger charge is -2.13.